The summed E-state index contributed by atoms with van der Waals surface area (Å²) in [5.41, 5.74) is 7.82. The molecule has 0 radical (unpaired) electrons. The number of benzene rings is 4. The Bertz CT molecular complexity index is 2340. The van der Waals surface area contributed by atoms with E-state index in [4.69, 9.17) is 27.9 Å². The maximum atomic E-state index is 13.8. The van der Waals surface area contributed by atoms with E-state index in [-0.39, 0.29) is 28.2 Å². The number of nitrogens with one attached hydrogen (secondary N) is 2. The van der Waals surface area contributed by atoms with Crippen LogP contribution < -0.4 is 19.8 Å². The Labute approximate surface area is 355 Å². The molecule has 2 N–H and O–H groups in total. The van der Waals surface area contributed by atoms with Gasteiger partial charge in [-0.15, -0.1) is 0 Å². The average molecular weight is 863 g/mol. The van der Waals surface area contributed by atoms with Crippen LogP contribution in [0.3, 0.4) is 0 Å². The fourth-order valence-corrected chi connectivity index (χ4v) is 9.06. The van der Waals surface area contributed by atoms with Gasteiger partial charge in [-0.3, -0.25) is 19.8 Å². The first-order valence-electron chi connectivity index (χ1n) is 19.7. The number of allylic oxidation sites excluding steroid dienone is 1. The quantitative estimate of drug-likeness (QED) is 0.105. The van der Waals surface area contributed by atoms with Crippen molar-refractivity contribution in [3.63, 3.8) is 0 Å². The molecular formula is C43H49Cl2N7O6S. The highest BCUT2D eigenvalue weighted by Crippen LogP contribution is 2.43. The molecule has 1 aliphatic carbocycles. The minimum atomic E-state index is -4.56. The molecule has 3 aliphatic rings. The third-order valence-electron chi connectivity index (χ3n) is 11.3. The van der Waals surface area contributed by atoms with Gasteiger partial charge in [0.05, 0.1) is 20.4 Å². The lowest BCUT2D eigenvalue weighted by Crippen LogP contribution is -2.47. The second kappa shape index (κ2) is 17.9. The molecule has 2 aliphatic heterocycles. The molecule has 0 atom stereocenters. The van der Waals surface area contributed by atoms with E-state index in [9.17, 15) is 23.3 Å². The molecule has 0 aromatic heterocycles. The molecule has 7 rings (SSSR count). The molecule has 0 spiro atoms. The molecule has 0 bridgehead atoms. The molecule has 1 amide bonds. The zero-order valence-corrected chi connectivity index (χ0v) is 35.7. The summed E-state index contributed by atoms with van der Waals surface area (Å²) >= 11 is 12.7. The SMILES string of the molecule is CN1CCN(Nc2ccc(S(=O)(=O)NC(=O)c3ccc(N4CCN(CC5=C(c6ccc(Cl)cc6)CC(C)(C)CC5)CC4)cc3Oc3ccccc3Cl)cc2[N+](=O)[O-])CC1. The Kier molecular flexibility index (Phi) is 12.9. The van der Waals surface area contributed by atoms with Crippen molar-refractivity contribution in [3.05, 3.63) is 122 Å². The zero-order chi connectivity index (χ0) is 41.9. The van der Waals surface area contributed by atoms with Gasteiger partial charge in [-0.1, -0.05) is 66.9 Å². The number of likely N-dealkylation sites (N-methyl/N-ethyl adjacent to an activating group) is 1. The number of carbonyl (C=O) groups excluding carboxylic acids is 1. The Morgan fingerprint density at radius 1 is 0.881 bits per heavy atom. The van der Waals surface area contributed by atoms with Gasteiger partial charge in [-0.05, 0) is 91.4 Å². The van der Waals surface area contributed by atoms with Crippen molar-refractivity contribution in [1.82, 2.24) is 19.5 Å². The zero-order valence-electron chi connectivity index (χ0n) is 33.4. The largest absolute Gasteiger partial charge is 0.455 e. The minimum absolute atomic E-state index is 0.0550. The van der Waals surface area contributed by atoms with E-state index in [1.54, 1.807) is 36.4 Å². The van der Waals surface area contributed by atoms with Crippen LogP contribution in [0.2, 0.25) is 10.0 Å². The van der Waals surface area contributed by atoms with Gasteiger partial charge in [-0.25, -0.2) is 18.1 Å². The van der Waals surface area contributed by atoms with Crippen LogP contribution in [0.1, 0.15) is 49.0 Å². The van der Waals surface area contributed by atoms with Crippen molar-refractivity contribution >= 4 is 61.8 Å². The highest BCUT2D eigenvalue weighted by molar-refractivity contribution is 7.90. The number of para-hydroxylation sites is 1. The van der Waals surface area contributed by atoms with Crippen molar-refractivity contribution in [2.45, 2.75) is 38.0 Å². The topological polar surface area (TPSA) is 141 Å². The van der Waals surface area contributed by atoms with E-state index >= 15 is 0 Å². The van der Waals surface area contributed by atoms with Crippen molar-refractivity contribution in [2.24, 2.45) is 5.41 Å². The van der Waals surface area contributed by atoms with Gasteiger partial charge < -0.3 is 20.0 Å². The van der Waals surface area contributed by atoms with E-state index in [2.05, 4.69) is 50.8 Å². The molecule has 16 heteroatoms. The van der Waals surface area contributed by atoms with Gasteiger partial charge in [-0.2, -0.15) is 0 Å². The number of hydrogen-bond donors (Lipinski definition) is 2. The summed E-state index contributed by atoms with van der Waals surface area (Å²) in [7, 11) is -2.57. The van der Waals surface area contributed by atoms with E-state index in [0.717, 1.165) is 81.9 Å². The van der Waals surface area contributed by atoms with Crippen LogP contribution in [0.15, 0.2) is 95.4 Å². The fourth-order valence-electron chi connectivity index (χ4n) is 7.77. The number of ether oxygens (including phenoxy) is 1. The Morgan fingerprint density at radius 3 is 2.29 bits per heavy atom. The number of nitrogens with zero attached hydrogens (tertiary/aromatic N) is 5. The van der Waals surface area contributed by atoms with Gasteiger partial charge in [0, 0.05) is 81.7 Å². The van der Waals surface area contributed by atoms with Gasteiger partial charge >= 0.3 is 0 Å². The van der Waals surface area contributed by atoms with Crippen molar-refractivity contribution in [1.29, 1.82) is 0 Å². The standard InChI is InChI=1S/C43H49Cl2N7O6S/c1-43(2)17-16-31(36(28-43)30-8-10-32(44)11-9-30)29-49-20-22-50(23-21-49)33-12-14-35(41(26-33)58-40-7-5-4-6-37(40)45)42(53)47-59(56,57)34-13-15-38(39(27-34)52(54)55)46-51-24-18-48(3)19-25-51/h4-15,26-27,46H,16-25,28-29H2,1-3H3,(H,47,53). The second-order valence-corrected chi connectivity index (χ2v) is 18.7. The van der Waals surface area contributed by atoms with Crippen LogP contribution >= 0.6 is 23.2 Å². The van der Waals surface area contributed by atoms with Crippen molar-refractivity contribution in [3.8, 4) is 11.5 Å². The number of anilines is 2. The fraction of sp³-hybridized carbons (Fsp3) is 0.372. The normalized spacial score (nSPS) is 18.1. The number of sulfonamides is 1. The summed E-state index contributed by atoms with van der Waals surface area (Å²) in [5, 5.41) is 14.9. The number of hydrogen-bond acceptors (Lipinski definition) is 11. The lowest BCUT2D eigenvalue weighted by atomic mass is 9.72. The van der Waals surface area contributed by atoms with E-state index in [1.807, 2.05) is 24.2 Å². The van der Waals surface area contributed by atoms with E-state index in [0.29, 0.717) is 18.1 Å². The number of rotatable bonds is 12. The molecule has 0 unspecified atom stereocenters. The Morgan fingerprint density at radius 2 is 1.59 bits per heavy atom. The first-order chi connectivity index (χ1) is 28.1. The maximum Gasteiger partial charge on any atom is 0.295 e. The maximum absolute atomic E-state index is 13.8. The molecule has 2 saturated heterocycles. The minimum Gasteiger partial charge on any atom is -0.455 e. The van der Waals surface area contributed by atoms with Gasteiger partial charge in [0.1, 0.15) is 17.2 Å². The predicted molar refractivity (Wildman–Crippen MR) is 233 cm³/mol. The lowest BCUT2D eigenvalue weighted by Gasteiger charge is -2.39. The van der Waals surface area contributed by atoms with Crippen LogP contribution in [-0.4, -0.2) is 100 Å². The van der Waals surface area contributed by atoms with Crippen molar-refractivity contribution < 1.29 is 22.9 Å². The average Bonchev–Trinajstić information content (AvgIpc) is 3.20. The number of halogens is 2. The lowest BCUT2D eigenvalue weighted by molar-refractivity contribution is -0.384. The third kappa shape index (κ3) is 10.4. The van der Waals surface area contributed by atoms with Crippen LogP contribution in [-0.2, 0) is 10.0 Å². The number of carbonyl (C=O) groups is 1. The molecular weight excluding hydrogens is 813 g/mol. The highest BCUT2D eigenvalue weighted by Gasteiger charge is 2.31. The highest BCUT2D eigenvalue weighted by atomic mass is 35.5. The van der Waals surface area contributed by atoms with E-state index in [1.165, 1.54) is 34.9 Å². The smallest absolute Gasteiger partial charge is 0.295 e. The monoisotopic (exact) mass is 861 g/mol. The second-order valence-electron chi connectivity index (χ2n) is 16.2. The summed E-state index contributed by atoms with van der Waals surface area (Å²) < 4.78 is 35.5. The van der Waals surface area contributed by atoms with Crippen LogP contribution in [0, 0.1) is 15.5 Å². The molecule has 13 nitrogen and oxygen atoms in total. The van der Waals surface area contributed by atoms with Gasteiger partial charge in [0.25, 0.3) is 21.6 Å². The number of nitro benzene ring substituents is 1. The van der Waals surface area contributed by atoms with Gasteiger partial charge in [0.15, 0.2) is 0 Å². The first kappa shape index (κ1) is 42.4. The first-order valence-corrected chi connectivity index (χ1v) is 21.9. The van der Waals surface area contributed by atoms with Crippen LogP contribution in [0.4, 0.5) is 17.1 Å². The summed E-state index contributed by atoms with van der Waals surface area (Å²) in [4.78, 5) is 31.6. The molecule has 4 aromatic rings. The number of nitro groups is 1. The van der Waals surface area contributed by atoms with Crippen LogP contribution in [0.25, 0.3) is 5.57 Å². The summed E-state index contributed by atoms with van der Waals surface area (Å²) in [5.74, 6) is -0.579. The molecule has 0 saturated carbocycles. The Hall–Kier alpha value is -4.70. The summed E-state index contributed by atoms with van der Waals surface area (Å²) in [6.07, 6.45) is 3.19. The van der Waals surface area contributed by atoms with E-state index < -0.39 is 31.4 Å². The Balaban J connectivity index is 1.08. The van der Waals surface area contributed by atoms with Gasteiger partial charge in [0.2, 0.25) is 0 Å². The molecule has 59 heavy (non-hydrogen) atoms. The third-order valence-corrected chi connectivity index (χ3v) is 13.2. The summed E-state index contributed by atoms with van der Waals surface area (Å²) in [6, 6.07) is 23.5. The summed E-state index contributed by atoms with van der Waals surface area (Å²) in [6.45, 7) is 11.4. The predicted octanol–water partition coefficient (Wildman–Crippen LogP) is 8.17. The van der Waals surface area contributed by atoms with Crippen molar-refractivity contribution in [2.75, 3.05) is 76.3 Å². The molecule has 4 aromatic carbocycles. The number of hydrazine groups is 1. The molecule has 2 fully saturated rings. The van der Waals surface area contributed by atoms with Crippen LogP contribution in [0.5, 0.6) is 11.5 Å². The number of amides is 1. The number of piperazine rings is 2. The molecule has 2 heterocycles. The molecule has 312 valence electrons.